The number of pyridine rings is 4. The zero-order valence-corrected chi connectivity index (χ0v) is 64.4. The fourth-order valence-corrected chi connectivity index (χ4v) is 19.0. The van der Waals surface area contributed by atoms with Gasteiger partial charge in [-0.25, -0.2) is 0 Å². The molecule has 514 valence electrons. The number of benzene rings is 12. The first-order valence-electron chi connectivity index (χ1n) is 36.0. The van der Waals surface area contributed by atoms with Crippen molar-refractivity contribution in [2.75, 3.05) is 0 Å². The monoisotopic (exact) mass is 1440 g/mol. The Kier molecular flexibility index (Phi) is 19.3. The van der Waals surface area contributed by atoms with Crippen LogP contribution < -0.4 is 0 Å². The van der Waals surface area contributed by atoms with Crippen molar-refractivity contribution in [1.29, 1.82) is 0 Å². The molecule has 20 rings (SSSR count). The highest BCUT2D eigenvalue weighted by Crippen LogP contribution is 2.46. The summed E-state index contributed by atoms with van der Waals surface area (Å²) in [5.74, 6) is 0. The van der Waals surface area contributed by atoms with Crippen LogP contribution in [0.4, 0.5) is 0 Å². The molecule has 4 nitrogen and oxygen atoms in total. The molecule has 0 N–H and O–H groups in total. The van der Waals surface area contributed by atoms with Gasteiger partial charge >= 0.3 is 0 Å². The lowest BCUT2D eigenvalue weighted by Crippen LogP contribution is -1.87. The maximum Gasteiger partial charge on any atom is 0.0964 e. The number of nitrogens with zero attached hydrogens (tertiary/aromatic N) is 4. The average molecular weight is 1440 g/mol. The van der Waals surface area contributed by atoms with Crippen molar-refractivity contribution in [3.63, 3.8) is 0 Å². The van der Waals surface area contributed by atoms with Crippen molar-refractivity contribution in [2.24, 2.45) is 0 Å². The predicted octanol–water partition coefficient (Wildman–Crippen LogP) is 29.2. The van der Waals surface area contributed by atoms with Crippen LogP contribution in [0.2, 0.25) is 0 Å². The van der Waals surface area contributed by atoms with Crippen LogP contribution >= 0.6 is 45.3 Å². The summed E-state index contributed by atoms with van der Waals surface area (Å²) in [4.78, 5) is 20.3. The van der Waals surface area contributed by atoms with Crippen molar-refractivity contribution in [3.8, 4) is 54.5 Å². The number of hydrogen-bond acceptors (Lipinski definition) is 8. The van der Waals surface area contributed by atoms with Crippen molar-refractivity contribution < 1.29 is 0 Å². The molecule has 0 aliphatic rings. The van der Waals surface area contributed by atoms with Gasteiger partial charge in [-0.15, -0.1) is 45.3 Å². The summed E-state index contributed by atoms with van der Waals surface area (Å²) in [6.07, 6.45) is 7.50. The first-order valence-corrected chi connectivity index (χ1v) is 39.2. The largest absolute Gasteiger partial charge is 0.254 e. The van der Waals surface area contributed by atoms with Gasteiger partial charge in [0.2, 0.25) is 0 Å². The highest BCUT2D eigenvalue weighted by molar-refractivity contribution is 7.36. The Morgan fingerprint density at radius 3 is 0.896 bits per heavy atom. The number of thiophene rings is 4. The lowest BCUT2D eigenvalue weighted by molar-refractivity contribution is 1.20. The van der Waals surface area contributed by atoms with E-state index in [2.05, 4.69) is 318 Å². The van der Waals surface area contributed by atoms with Crippen LogP contribution in [0, 0.1) is 69.2 Å². The summed E-state index contributed by atoms with van der Waals surface area (Å²) in [6, 6.07) is 97.3. The molecule has 12 aromatic carbocycles. The standard InChI is InChI=1S/C28H20S2.C28H22.C16H12S2.C14H12N2.C12H12N2/c1-17-3-7-19(8-4-17)25-15-21-11-13-24-23(27(21)29-25)14-12-22-16-26(30-28(22)24)20-9-5-18(2)6-10-20;1-19-3-5-27-17-25(13-11-23(27)15-19)21-7-9-22(10-8-21)26-14-12-24-16-20(2)4-6-28(24)18-26;1-9-3-5-11-13(7-9)17-16-12-6-4-10(2)8-14(12)18-15(11)16;1-9-5-11-3-4-12-6-10(2)8-16-14(12)13(11)15-7-9;1-9-3-5-11(13-7-9)12-6-4-10(2)8-14-12/h3-16H,1-2H3;3-18H,1-2H3;3-8H,1-2H3;3-8H,1-2H3;3-8H,1-2H3. The minimum absolute atomic E-state index is 0.926. The zero-order chi connectivity index (χ0) is 72.7. The maximum atomic E-state index is 4.48. The first kappa shape index (κ1) is 69.0. The summed E-state index contributed by atoms with van der Waals surface area (Å²) < 4.78 is 8.51. The van der Waals surface area contributed by atoms with Gasteiger partial charge in [-0.05, 0) is 229 Å². The van der Waals surface area contributed by atoms with E-state index < -0.39 is 0 Å². The van der Waals surface area contributed by atoms with Crippen molar-refractivity contribution in [2.45, 2.75) is 69.2 Å². The van der Waals surface area contributed by atoms with E-state index in [-0.39, 0.29) is 0 Å². The second kappa shape index (κ2) is 29.6. The van der Waals surface area contributed by atoms with Gasteiger partial charge in [0.25, 0.3) is 0 Å². The number of rotatable bonds is 5. The molecule has 106 heavy (non-hydrogen) atoms. The molecule has 0 spiro atoms. The van der Waals surface area contributed by atoms with Crippen LogP contribution in [0.3, 0.4) is 0 Å². The van der Waals surface area contributed by atoms with E-state index in [1.165, 1.54) is 181 Å². The predicted molar refractivity (Wildman–Crippen MR) is 465 cm³/mol. The van der Waals surface area contributed by atoms with Crippen LogP contribution in [-0.4, -0.2) is 19.9 Å². The SMILES string of the molecule is Cc1ccc(-c2cc3ccc4c(ccc5cc(-c6ccc(C)cc6)sc54)c3s2)cc1.Cc1ccc(-c2ccc(C)cn2)nc1.Cc1ccc2c(c1)sc1c3ccc(C)cc3sc21.Cc1ccc2cc(-c3ccc(-c4ccc5cc(C)ccc5c4)cc3)ccc2c1.Cc1cnc2c(ccc3cc(C)cnc32)c1. The third-order valence-corrected chi connectivity index (χ3v) is 24.6. The van der Waals surface area contributed by atoms with Gasteiger partial charge < -0.3 is 0 Å². The third kappa shape index (κ3) is 14.8. The molecular weight excluding hydrogens is 1360 g/mol. The highest BCUT2D eigenvalue weighted by atomic mass is 32.1. The molecule has 0 amide bonds. The molecular formula is C98H78N4S4. The fourth-order valence-electron chi connectivity index (χ4n) is 13.8. The van der Waals surface area contributed by atoms with Crippen LogP contribution in [0.1, 0.15) is 55.6 Å². The van der Waals surface area contributed by atoms with Gasteiger partial charge in [0.05, 0.1) is 31.8 Å². The van der Waals surface area contributed by atoms with Gasteiger partial charge in [-0.2, -0.15) is 0 Å². The van der Waals surface area contributed by atoms with Crippen LogP contribution in [0.15, 0.2) is 292 Å². The molecule has 8 heterocycles. The summed E-state index contributed by atoms with van der Waals surface area (Å²) in [7, 11) is 0. The third-order valence-electron chi connectivity index (χ3n) is 19.6. The molecule has 0 aliphatic heterocycles. The molecule has 0 bridgehead atoms. The Morgan fingerprint density at radius 2 is 0.491 bits per heavy atom. The van der Waals surface area contributed by atoms with Gasteiger partial charge in [0.15, 0.2) is 0 Å². The average Bonchev–Trinajstić information content (AvgIpc) is 1.61. The zero-order valence-electron chi connectivity index (χ0n) is 61.1. The Bertz CT molecular complexity index is 6250. The smallest absolute Gasteiger partial charge is 0.0964 e. The Labute approximate surface area is 635 Å². The van der Waals surface area contributed by atoms with Crippen LogP contribution in [0.5, 0.6) is 0 Å². The molecule has 0 aliphatic carbocycles. The Hall–Kier alpha value is -11.4. The van der Waals surface area contributed by atoms with Crippen LogP contribution in [-0.2, 0) is 0 Å². The number of fused-ring (bicyclic) bond motifs is 15. The number of aromatic nitrogens is 4. The van der Waals surface area contributed by atoms with Gasteiger partial charge in [-0.3, -0.25) is 19.9 Å². The molecule has 0 radical (unpaired) electrons. The summed E-state index contributed by atoms with van der Waals surface area (Å²) in [5.41, 5.74) is 24.0. The van der Waals surface area contributed by atoms with E-state index in [9.17, 15) is 0 Å². The quantitative estimate of drug-likeness (QED) is 0.161. The molecule has 0 saturated carbocycles. The lowest BCUT2D eigenvalue weighted by atomic mass is 9.96. The minimum Gasteiger partial charge on any atom is -0.254 e. The fraction of sp³-hybridized carbons (Fsp3) is 0.102. The first-order chi connectivity index (χ1) is 51.5. The summed E-state index contributed by atoms with van der Waals surface area (Å²) in [6.45, 7) is 21.0. The van der Waals surface area contributed by atoms with Gasteiger partial charge in [0.1, 0.15) is 0 Å². The molecule has 0 saturated heterocycles. The van der Waals surface area contributed by atoms with E-state index in [4.69, 9.17) is 0 Å². The lowest BCUT2D eigenvalue weighted by Gasteiger charge is -2.08. The van der Waals surface area contributed by atoms with Crippen molar-refractivity contribution >= 4 is 149 Å². The molecule has 0 fully saturated rings. The normalized spacial score (nSPS) is 11.3. The topological polar surface area (TPSA) is 51.6 Å². The van der Waals surface area contributed by atoms with E-state index >= 15 is 0 Å². The summed E-state index contributed by atoms with van der Waals surface area (Å²) >= 11 is 7.66. The molecule has 20 aromatic rings. The van der Waals surface area contributed by atoms with E-state index in [1.807, 2.05) is 108 Å². The number of hydrogen-bond donors (Lipinski definition) is 0. The second-order valence-corrected chi connectivity index (χ2v) is 32.5. The van der Waals surface area contributed by atoms with Gasteiger partial charge in [0, 0.05) is 85.7 Å². The molecule has 0 unspecified atom stereocenters. The van der Waals surface area contributed by atoms with E-state index in [1.54, 1.807) is 0 Å². The number of aryl methyl sites for hydroxylation is 10. The molecule has 8 heteroatoms. The maximum absolute atomic E-state index is 4.48. The van der Waals surface area contributed by atoms with Crippen LogP contribution in [0.25, 0.3) is 158 Å². The van der Waals surface area contributed by atoms with Crippen molar-refractivity contribution in [1.82, 2.24) is 19.9 Å². The van der Waals surface area contributed by atoms with Gasteiger partial charge in [-0.1, -0.05) is 229 Å². The van der Waals surface area contributed by atoms with Crippen molar-refractivity contribution in [3.05, 3.63) is 347 Å². The highest BCUT2D eigenvalue weighted by Gasteiger charge is 2.15. The molecule has 8 aromatic heterocycles. The Balaban J connectivity index is 0.000000105. The Morgan fingerprint density at radius 1 is 0.189 bits per heavy atom. The minimum atomic E-state index is 0.926. The van der Waals surface area contributed by atoms with E-state index in [0.717, 1.165) is 33.2 Å². The summed E-state index contributed by atoms with van der Waals surface area (Å²) in [5, 5.41) is 15.7. The van der Waals surface area contributed by atoms with E-state index in [0.29, 0.717) is 0 Å². The second-order valence-electron chi connectivity index (χ2n) is 28.3. The molecule has 0 atom stereocenters.